The zero-order chi connectivity index (χ0) is 27.1. The fraction of sp³-hybridized carbons (Fsp3) is 0.219. The third-order valence-corrected chi connectivity index (χ3v) is 7.76. The number of imidazole rings is 1. The topological polar surface area (TPSA) is 98.8 Å². The van der Waals surface area contributed by atoms with Crippen molar-refractivity contribution in [3.8, 4) is 28.5 Å². The molecule has 1 fully saturated rings. The van der Waals surface area contributed by atoms with Crippen LogP contribution in [0.3, 0.4) is 0 Å². The molecule has 0 bridgehead atoms. The molecule has 8 nitrogen and oxygen atoms in total. The minimum Gasteiger partial charge on any atom is -0.342 e. The number of hydrogen-bond donors (Lipinski definition) is 1. The van der Waals surface area contributed by atoms with Gasteiger partial charge >= 0.3 is 0 Å². The van der Waals surface area contributed by atoms with Gasteiger partial charge in [0.2, 0.25) is 0 Å². The molecule has 4 heterocycles. The highest BCUT2D eigenvalue weighted by Crippen LogP contribution is 2.32. The van der Waals surface area contributed by atoms with E-state index in [1.165, 1.54) is 5.56 Å². The van der Waals surface area contributed by atoms with Gasteiger partial charge in [-0.15, -0.1) is 0 Å². The lowest BCUT2D eigenvalue weighted by Gasteiger charge is -2.31. The molecule has 196 valence electrons. The van der Waals surface area contributed by atoms with Crippen LogP contribution >= 0.6 is 0 Å². The summed E-state index contributed by atoms with van der Waals surface area (Å²) in [7, 11) is 0. The molecule has 1 N–H and O–H groups in total. The predicted molar refractivity (Wildman–Crippen MR) is 154 cm³/mol. The summed E-state index contributed by atoms with van der Waals surface area (Å²) in [5, 5.41) is 13.7. The first-order valence-corrected chi connectivity index (χ1v) is 13.6. The molecule has 0 radical (unpaired) electrons. The first-order valence-electron chi connectivity index (χ1n) is 13.6. The van der Waals surface area contributed by atoms with Crippen LogP contribution in [-0.4, -0.2) is 47.5 Å². The zero-order valence-electron chi connectivity index (χ0n) is 22.2. The number of nitrogens with zero attached hydrogens (tertiary/aromatic N) is 7. The molecule has 6 aromatic rings. The van der Waals surface area contributed by atoms with E-state index in [1.807, 2.05) is 49.5 Å². The minimum atomic E-state index is 0.412. The summed E-state index contributed by atoms with van der Waals surface area (Å²) in [6.45, 7) is 4.85. The summed E-state index contributed by atoms with van der Waals surface area (Å²) < 4.78 is 1.76. The summed E-state index contributed by atoms with van der Waals surface area (Å²) in [6.07, 6.45) is 4.14. The molecule has 3 aromatic carbocycles. The predicted octanol–water partition coefficient (Wildman–Crippen LogP) is 5.89. The van der Waals surface area contributed by atoms with Crippen LogP contribution in [0, 0.1) is 18.3 Å². The number of nitrogens with one attached hydrogen (secondary N) is 1. The number of aromatic nitrogens is 6. The largest absolute Gasteiger partial charge is 0.342 e. The lowest BCUT2D eigenvalue weighted by molar-refractivity contribution is 0.202. The number of fused-ring (bicyclic) bond motifs is 2. The van der Waals surface area contributed by atoms with E-state index in [2.05, 4.69) is 62.4 Å². The number of aromatic amines is 1. The Morgan fingerprint density at radius 3 is 2.50 bits per heavy atom. The molecule has 0 aliphatic carbocycles. The third-order valence-electron chi connectivity index (χ3n) is 7.76. The molecule has 0 unspecified atom stereocenters. The molecule has 3 aromatic heterocycles. The Morgan fingerprint density at radius 1 is 0.925 bits per heavy atom. The van der Waals surface area contributed by atoms with Crippen molar-refractivity contribution >= 4 is 16.8 Å². The zero-order valence-corrected chi connectivity index (χ0v) is 22.2. The Morgan fingerprint density at radius 2 is 1.73 bits per heavy atom. The number of benzene rings is 3. The number of likely N-dealkylation sites (tertiary alicyclic amines) is 1. The average Bonchev–Trinajstić information content (AvgIpc) is 3.59. The second-order valence-electron chi connectivity index (χ2n) is 10.5. The second-order valence-corrected chi connectivity index (χ2v) is 10.5. The fourth-order valence-corrected chi connectivity index (χ4v) is 5.66. The third kappa shape index (κ3) is 4.61. The molecule has 40 heavy (non-hydrogen) atoms. The molecule has 0 saturated carbocycles. The van der Waals surface area contributed by atoms with Crippen molar-refractivity contribution in [1.29, 1.82) is 5.26 Å². The van der Waals surface area contributed by atoms with E-state index in [4.69, 9.17) is 9.97 Å². The molecule has 0 amide bonds. The highest BCUT2D eigenvalue weighted by molar-refractivity contribution is 5.81. The number of hydrogen-bond acceptors (Lipinski definition) is 6. The molecule has 1 aliphatic rings. The lowest BCUT2D eigenvalue weighted by Crippen LogP contribution is -2.32. The molecule has 7 rings (SSSR count). The van der Waals surface area contributed by atoms with Crippen molar-refractivity contribution in [3.63, 3.8) is 0 Å². The van der Waals surface area contributed by atoms with E-state index in [1.54, 1.807) is 4.52 Å². The maximum atomic E-state index is 9.18. The number of rotatable bonds is 5. The number of aryl methyl sites for hydroxylation is 1. The quantitative estimate of drug-likeness (QED) is 0.302. The van der Waals surface area contributed by atoms with Crippen LogP contribution in [0.1, 0.15) is 41.5 Å². The fourth-order valence-electron chi connectivity index (χ4n) is 5.66. The lowest BCUT2D eigenvalue weighted by atomic mass is 9.95. The molecule has 0 atom stereocenters. The van der Waals surface area contributed by atoms with Crippen molar-refractivity contribution in [1.82, 2.24) is 34.4 Å². The Hall–Kier alpha value is -4.87. The van der Waals surface area contributed by atoms with Gasteiger partial charge in [0.1, 0.15) is 11.6 Å². The normalized spacial score (nSPS) is 14.6. The molecular weight excluding hydrogens is 496 g/mol. The summed E-state index contributed by atoms with van der Waals surface area (Å²) in [6, 6.07) is 26.9. The minimum absolute atomic E-state index is 0.412. The highest BCUT2D eigenvalue weighted by Gasteiger charge is 2.23. The second kappa shape index (κ2) is 10.0. The van der Waals surface area contributed by atoms with Gasteiger partial charge in [0, 0.05) is 29.8 Å². The molecular formula is C32H28N8. The van der Waals surface area contributed by atoms with Crippen LogP contribution < -0.4 is 0 Å². The summed E-state index contributed by atoms with van der Waals surface area (Å²) >= 11 is 0. The molecule has 1 aliphatic heterocycles. The maximum absolute atomic E-state index is 9.18. The standard InChI is InChI=1S/C32H28N8/c1-21-34-32-37-30(27(20-40(32)38-21)24-5-3-2-4-6-24)25-10-7-22(8-11-25)19-39-15-13-26(14-16-39)31-35-28-12-9-23(18-33)17-29(28)36-31/h2-12,17,20,26H,13-16,19H2,1H3,(H,35,36). The van der Waals surface area contributed by atoms with E-state index in [-0.39, 0.29) is 0 Å². The SMILES string of the molecule is Cc1nc2nc(-c3ccc(CN4CCC(c5nc6ccc(C#N)cc6[nH]5)CC4)cc3)c(-c3ccccc3)cn2n1. The Labute approximate surface area is 232 Å². The van der Waals surface area contributed by atoms with Crippen molar-refractivity contribution in [2.45, 2.75) is 32.2 Å². The van der Waals surface area contributed by atoms with Gasteiger partial charge in [-0.25, -0.2) is 14.5 Å². The van der Waals surface area contributed by atoms with Crippen LogP contribution in [-0.2, 0) is 6.54 Å². The van der Waals surface area contributed by atoms with E-state index < -0.39 is 0 Å². The van der Waals surface area contributed by atoms with Gasteiger partial charge in [-0.05, 0) is 62.2 Å². The monoisotopic (exact) mass is 524 g/mol. The molecule has 1 saturated heterocycles. The van der Waals surface area contributed by atoms with Gasteiger partial charge in [-0.1, -0.05) is 54.6 Å². The van der Waals surface area contributed by atoms with Gasteiger partial charge in [0.15, 0.2) is 0 Å². The first-order chi connectivity index (χ1) is 19.6. The van der Waals surface area contributed by atoms with Gasteiger partial charge in [-0.3, -0.25) is 4.90 Å². The van der Waals surface area contributed by atoms with Gasteiger partial charge < -0.3 is 4.98 Å². The van der Waals surface area contributed by atoms with E-state index in [0.29, 0.717) is 23.1 Å². The van der Waals surface area contributed by atoms with Crippen molar-refractivity contribution in [2.75, 3.05) is 13.1 Å². The van der Waals surface area contributed by atoms with Crippen molar-refractivity contribution in [2.24, 2.45) is 0 Å². The van der Waals surface area contributed by atoms with Crippen LogP contribution in [0.4, 0.5) is 0 Å². The van der Waals surface area contributed by atoms with Crippen LogP contribution in [0.5, 0.6) is 0 Å². The van der Waals surface area contributed by atoms with Crippen LogP contribution in [0.15, 0.2) is 79.0 Å². The van der Waals surface area contributed by atoms with Gasteiger partial charge in [0.05, 0.1) is 28.4 Å². The van der Waals surface area contributed by atoms with Crippen LogP contribution in [0.2, 0.25) is 0 Å². The van der Waals surface area contributed by atoms with Crippen LogP contribution in [0.25, 0.3) is 39.2 Å². The van der Waals surface area contributed by atoms with E-state index >= 15 is 0 Å². The van der Waals surface area contributed by atoms with E-state index in [9.17, 15) is 5.26 Å². The van der Waals surface area contributed by atoms with E-state index in [0.717, 1.165) is 71.7 Å². The summed E-state index contributed by atoms with van der Waals surface area (Å²) in [4.78, 5) is 20.2. The number of piperidine rings is 1. The molecule has 8 heteroatoms. The average molecular weight is 525 g/mol. The Balaban J connectivity index is 1.07. The number of nitriles is 1. The smallest absolute Gasteiger partial charge is 0.252 e. The number of H-pyrrole nitrogens is 1. The highest BCUT2D eigenvalue weighted by atomic mass is 15.3. The summed E-state index contributed by atoms with van der Waals surface area (Å²) in [5.41, 5.74) is 7.92. The summed E-state index contributed by atoms with van der Waals surface area (Å²) in [5.74, 6) is 2.76. The van der Waals surface area contributed by atoms with Crippen molar-refractivity contribution < 1.29 is 0 Å². The first kappa shape index (κ1) is 24.2. The Kier molecular flexibility index (Phi) is 6.06. The Bertz CT molecular complexity index is 1850. The maximum Gasteiger partial charge on any atom is 0.252 e. The van der Waals surface area contributed by atoms with Gasteiger partial charge in [0.25, 0.3) is 5.78 Å². The van der Waals surface area contributed by atoms with Crippen molar-refractivity contribution in [3.05, 3.63) is 102 Å². The molecule has 0 spiro atoms. The van der Waals surface area contributed by atoms with Gasteiger partial charge in [-0.2, -0.15) is 15.3 Å².